The van der Waals surface area contributed by atoms with Crippen molar-refractivity contribution >= 4 is 0 Å². The van der Waals surface area contributed by atoms with Gasteiger partial charge in [0.25, 0.3) is 0 Å². The number of pyridine rings is 1. The number of rotatable bonds is 1. The SMILES string of the molecule is Cc1[c-]nn(-c2cccnc2)c1.[Re]. The standard InChI is InChI=1S/C9H8N3.Re/c1-8-5-11-12(7-8)9-3-2-4-10-6-9;/h2-4,6-7H,1H3;/q-1;. The Morgan fingerprint density at radius 3 is 2.85 bits per heavy atom. The van der Waals surface area contributed by atoms with Crippen molar-refractivity contribution in [3.63, 3.8) is 0 Å². The van der Waals surface area contributed by atoms with E-state index in [1.54, 1.807) is 17.1 Å². The minimum Gasteiger partial charge on any atom is -0.337 e. The van der Waals surface area contributed by atoms with Gasteiger partial charge in [-0.2, -0.15) is 5.56 Å². The molecular formula is C9H8N3Re-. The molecule has 0 aromatic carbocycles. The molecule has 4 heteroatoms. The molecule has 0 spiro atoms. The number of aromatic nitrogens is 3. The predicted molar refractivity (Wildman–Crippen MR) is 44.9 cm³/mol. The van der Waals surface area contributed by atoms with Gasteiger partial charge in [-0.05, 0) is 12.1 Å². The van der Waals surface area contributed by atoms with Crippen molar-refractivity contribution in [2.75, 3.05) is 0 Å². The Hall–Kier alpha value is -0.978. The summed E-state index contributed by atoms with van der Waals surface area (Å²) in [7, 11) is 0. The Bertz CT molecular complexity index is 369. The maximum atomic E-state index is 4.04. The van der Waals surface area contributed by atoms with E-state index in [4.69, 9.17) is 0 Å². The fourth-order valence-corrected chi connectivity index (χ4v) is 0.995. The van der Waals surface area contributed by atoms with E-state index in [0.717, 1.165) is 11.3 Å². The molecule has 2 heterocycles. The molecule has 0 saturated carbocycles. The van der Waals surface area contributed by atoms with Crippen LogP contribution in [0.2, 0.25) is 0 Å². The summed E-state index contributed by atoms with van der Waals surface area (Å²) in [4.78, 5) is 4.00. The summed E-state index contributed by atoms with van der Waals surface area (Å²) in [6, 6.07) is 3.83. The molecule has 2 rings (SSSR count). The van der Waals surface area contributed by atoms with Crippen molar-refractivity contribution in [3.05, 3.63) is 42.5 Å². The van der Waals surface area contributed by atoms with Crippen LogP contribution in [0.5, 0.6) is 0 Å². The largest absolute Gasteiger partial charge is 0.337 e. The van der Waals surface area contributed by atoms with Gasteiger partial charge in [0, 0.05) is 26.6 Å². The van der Waals surface area contributed by atoms with Gasteiger partial charge in [0.1, 0.15) is 0 Å². The van der Waals surface area contributed by atoms with Crippen LogP contribution in [-0.2, 0) is 20.4 Å². The average molecular weight is 344 g/mol. The fourth-order valence-electron chi connectivity index (χ4n) is 0.995. The first-order valence-corrected chi connectivity index (χ1v) is 3.70. The van der Waals surface area contributed by atoms with Crippen LogP contribution in [-0.4, -0.2) is 14.8 Å². The second kappa shape index (κ2) is 4.31. The normalized spacial score (nSPS) is 9.31. The zero-order chi connectivity index (χ0) is 8.39. The van der Waals surface area contributed by atoms with Crippen molar-refractivity contribution in [1.82, 2.24) is 14.8 Å². The van der Waals surface area contributed by atoms with Gasteiger partial charge in [0.05, 0.1) is 11.9 Å². The molecule has 0 fully saturated rings. The molecule has 2 aromatic rings. The van der Waals surface area contributed by atoms with E-state index in [0.29, 0.717) is 0 Å². The number of nitrogens with zero attached hydrogens (tertiary/aromatic N) is 3. The second-order valence-corrected chi connectivity index (χ2v) is 2.58. The van der Waals surface area contributed by atoms with E-state index < -0.39 is 0 Å². The van der Waals surface area contributed by atoms with E-state index in [-0.39, 0.29) is 20.4 Å². The monoisotopic (exact) mass is 345 g/mol. The maximum absolute atomic E-state index is 4.04. The summed E-state index contributed by atoms with van der Waals surface area (Å²) >= 11 is 0. The average Bonchev–Trinajstić information content (AvgIpc) is 2.54. The molecule has 0 amide bonds. The molecule has 0 N–H and O–H groups in total. The van der Waals surface area contributed by atoms with Crippen LogP contribution in [0.15, 0.2) is 30.7 Å². The first kappa shape index (κ1) is 10.1. The molecule has 2 aromatic heterocycles. The van der Waals surface area contributed by atoms with E-state index in [2.05, 4.69) is 16.3 Å². The minimum absolute atomic E-state index is 0. The van der Waals surface area contributed by atoms with Gasteiger partial charge in [0.2, 0.25) is 0 Å². The maximum Gasteiger partial charge on any atom is 0.0617 e. The summed E-state index contributed by atoms with van der Waals surface area (Å²) in [5.74, 6) is 0. The van der Waals surface area contributed by atoms with Crippen LogP contribution in [0, 0.1) is 13.1 Å². The Balaban J connectivity index is 0.000000845. The summed E-state index contributed by atoms with van der Waals surface area (Å²) in [5, 5.41) is 4.04. The first-order valence-electron chi connectivity index (χ1n) is 3.70. The minimum atomic E-state index is 0. The molecule has 1 radical (unpaired) electrons. The Morgan fingerprint density at radius 1 is 1.46 bits per heavy atom. The molecule has 67 valence electrons. The smallest absolute Gasteiger partial charge is 0.0617 e. The van der Waals surface area contributed by atoms with Crippen molar-refractivity contribution in [2.24, 2.45) is 0 Å². The third kappa shape index (κ3) is 2.24. The molecule has 3 nitrogen and oxygen atoms in total. The molecule has 0 aliphatic carbocycles. The van der Waals surface area contributed by atoms with Crippen LogP contribution >= 0.6 is 0 Å². The Kier molecular flexibility index (Phi) is 3.35. The van der Waals surface area contributed by atoms with Crippen molar-refractivity contribution in [2.45, 2.75) is 6.92 Å². The third-order valence-corrected chi connectivity index (χ3v) is 1.56. The molecule has 0 atom stereocenters. The zero-order valence-corrected chi connectivity index (χ0v) is 9.82. The van der Waals surface area contributed by atoms with Gasteiger partial charge >= 0.3 is 0 Å². The third-order valence-electron chi connectivity index (χ3n) is 1.56. The number of aryl methyl sites for hydroxylation is 1. The van der Waals surface area contributed by atoms with E-state index in [1.807, 2.05) is 25.3 Å². The Morgan fingerprint density at radius 2 is 2.31 bits per heavy atom. The zero-order valence-electron chi connectivity index (χ0n) is 7.11. The van der Waals surface area contributed by atoms with Crippen LogP contribution in [0.25, 0.3) is 5.69 Å². The summed E-state index contributed by atoms with van der Waals surface area (Å²) in [6.07, 6.45) is 8.27. The predicted octanol–water partition coefficient (Wildman–Crippen LogP) is 1.37. The van der Waals surface area contributed by atoms with E-state index in [9.17, 15) is 0 Å². The first-order chi connectivity index (χ1) is 5.86. The Labute approximate surface area is 90.5 Å². The molecule has 13 heavy (non-hydrogen) atoms. The topological polar surface area (TPSA) is 30.7 Å². The van der Waals surface area contributed by atoms with Crippen molar-refractivity contribution < 1.29 is 20.4 Å². The van der Waals surface area contributed by atoms with Gasteiger partial charge in [0.15, 0.2) is 0 Å². The molecule has 0 unspecified atom stereocenters. The van der Waals surface area contributed by atoms with Gasteiger partial charge in [-0.3, -0.25) is 4.98 Å². The van der Waals surface area contributed by atoms with Gasteiger partial charge in [-0.25, -0.2) is 0 Å². The van der Waals surface area contributed by atoms with Crippen molar-refractivity contribution in [3.8, 4) is 5.69 Å². The van der Waals surface area contributed by atoms with Gasteiger partial charge in [-0.1, -0.05) is 6.92 Å². The summed E-state index contributed by atoms with van der Waals surface area (Å²) < 4.78 is 1.75. The van der Waals surface area contributed by atoms with Crippen molar-refractivity contribution in [1.29, 1.82) is 0 Å². The summed E-state index contributed by atoms with van der Waals surface area (Å²) in [5.41, 5.74) is 1.99. The van der Waals surface area contributed by atoms with Crippen LogP contribution in [0.3, 0.4) is 0 Å². The molecular weight excluding hydrogens is 336 g/mol. The fraction of sp³-hybridized carbons (Fsp3) is 0.111. The van der Waals surface area contributed by atoms with E-state index in [1.165, 1.54) is 0 Å². The van der Waals surface area contributed by atoms with Gasteiger partial charge in [-0.15, -0.1) is 12.4 Å². The molecule has 0 bridgehead atoms. The quantitative estimate of drug-likeness (QED) is 0.732. The molecule has 0 aliphatic heterocycles. The second-order valence-electron chi connectivity index (χ2n) is 2.58. The van der Waals surface area contributed by atoms with Crippen LogP contribution in [0.4, 0.5) is 0 Å². The molecule has 0 saturated heterocycles. The number of hydrogen-bond donors (Lipinski definition) is 0. The van der Waals surface area contributed by atoms with Crippen LogP contribution in [0.1, 0.15) is 5.56 Å². The van der Waals surface area contributed by atoms with Crippen LogP contribution < -0.4 is 0 Å². The number of hydrogen-bond acceptors (Lipinski definition) is 2. The summed E-state index contributed by atoms with van der Waals surface area (Å²) in [6.45, 7) is 1.96. The van der Waals surface area contributed by atoms with E-state index >= 15 is 0 Å². The van der Waals surface area contributed by atoms with Gasteiger partial charge < -0.3 is 9.78 Å². The molecule has 0 aliphatic rings.